The normalized spacial score (nSPS) is 10.7. The number of nitrogens with zero attached hydrogens (tertiary/aromatic N) is 3. The molecule has 0 aliphatic heterocycles. The Morgan fingerprint density at radius 3 is 3.10 bits per heavy atom. The Balaban J connectivity index is 1.65. The molecule has 0 saturated carbocycles. The van der Waals surface area contributed by atoms with Crippen LogP contribution in [0.2, 0.25) is 0 Å². The summed E-state index contributed by atoms with van der Waals surface area (Å²) in [5, 5.41) is 19.0. The van der Waals surface area contributed by atoms with E-state index in [9.17, 15) is 4.79 Å². The van der Waals surface area contributed by atoms with Crippen molar-refractivity contribution in [1.82, 2.24) is 25.7 Å². The zero-order chi connectivity index (χ0) is 13.9. The predicted molar refractivity (Wildman–Crippen MR) is 72.1 cm³/mol. The van der Waals surface area contributed by atoms with Gasteiger partial charge in [0.05, 0.1) is 17.1 Å². The minimum atomic E-state index is -0.292. The lowest BCUT2D eigenvalue weighted by Crippen LogP contribution is -2.23. The molecular weight excluding hydrogens is 278 g/mol. The Morgan fingerprint density at radius 2 is 2.40 bits per heavy atom. The van der Waals surface area contributed by atoms with Gasteiger partial charge < -0.3 is 9.73 Å². The lowest BCUT2D eigenvalue weighted by Gasteiger charge is -1.97. The standard InChI is InChI=1S/C12H11N5O2S/c1-7-14-17-11(19-7)6-13-12(18)9-5-8(15-16-9)10-3-2-4-20-10/h2-5H,6H2,1H3,(H,13,18)(H,15,16). The monoisotopic (exact) mass is 289 g/mol. The molecule has 0 atom stereocenters. The van der Waals surface area contributed by atoms with Crippen LogP contribution >= 0.6 is 11.3 Å². The van der Waals surface area contributed by atoms with Gasteiger partial charge in [0, 0.05) is 6.92 Å². The summed E-state index contributed by atoms with van der Waals surface area (Å²) in [7, 11) is 0. The number of hydrogen-bond acceptors (Lipinski definition) is 6. The van der Waals surface area contributed by atoms with Gasteiger partial charge in [0.2, 0.25) is 11.8 Å². The van der Waals surface area contributed by atoms with Gasteiger partial charge in [0.25, 0.3) is 5.91 Å². The maximum absolute atomic E-state index is 11.9. The van der Waals surface area contributed by atoms with Crippen molar-refractivity contribution >= 4 is 17.2 Å². The lowest BCUT2D eigenvalue weighted by molar-refractivity contribution is 0.0942. The van der Waals surface area contributed by atoms with Crippen molar-refractivity contribution < 1.29 is 9.21 Å². The molecule has 3 aromatic heterocycles. The van der Waals surface area contributed by atoms with Gasteiger partial charge >= 0.3 is 0 Å². The van der Waals surface area contributed by atoms with Crippen LogP contribution in [-0.4, -0.2) is 26.3 Å². The lowest BCUT2D eigenvalue weighted by atomic mass is 10.3. The van der Waals surface area contributed by atoms with Crippen LogP contribution in [0.25, 0.3) is 10.6 Å². The molecule has 0 saturated heterocycles. The van der Waals surface area contributed by atoms with Crippen LogP contribution in [0, 0.1) is 6.92 Å². The number of nitrogens with one attached hydrogen (secondary N) is 2. The van der Waals surface area contributed by atoms with Gasteiger partial charge in [-0.25, -0.2) is 0 Å². The zero-order valence-corrected chi connectivity index (χ0v) is 11.4. The van der Waals surface area contributed by atoms with E-state index in [1.807, 2.05) is 17.5 Å². The Labute approximate surface area is 118 Å². The summed E-state index contributed by atoms with van der Waals surface area (Å²) in [6.07, 6.45) is 0. The van der Waals surface area contributed by atoms with E-state index in [-0.39, 0.29) is 12.5 Å². The number of H-pyrrole nitrogens is 1. The summed E-state index contributed by atoms with van der Waals surface area (Å²) in [6, 6.07) is 5.61. The first kappa shape index (κ1) is 12.5. The highest BCUT2D eigenvalue weighted by molar-refractivity contribution is 7.13. The highest BCUT2D eigenvalue weighted by Gasteiger charge is 2.12. The summed E-state index contributed by atoms with van der Waals surface area (Å²) in [5.74, 6) is 0.541. The van der Waals surface area contributed by atoms with Gasteiger partial charge in [-0.3, -0.25) is 9.89 Å². The maximum atomic E-state index is 11.9. The fraction of sp³-hybridized carbons (Fsp3) is 0.167. The minimum absolute atomic E-state index is 0.181. The van der Waals surface area contributed by atoms with Crippen molar-refractivity contribution in [2.24, 2.45) is 0 Å². The third-order valence-electron chi connectivity index (χ3n) is 2.57. The Hall–Kier alpha value is -2.48. The first-order valence-electron chi connectivity index (χ1n) is 5.89. The zero-order valence-electron chi connectivity index (χ0n) is 10.6. The maximum Gasteiger partial charge on any atom is 0.272 e. The van der Waals surface area contributed by atoms with Gasteiger partial charge in [0.1, 0.15) is 0 Å². The Bertz CT molecular complexity index is 716. The molecule has 102 valence electrons. The molecule has 0 aliphatic rings. The van der Waals surface area contributed by atoms with Crippen LogP contribution < -0.4 is 5.32 Å². The number of aryl methyl sites for hydroxylation is 1. The number of rotatable bonds is 4. The van der Waals surface area contributed by atoms with E-state index in [2.05, 4.69) is 25.7 Å². The number of aromatic nitrogens is 4. The summed E-state index contributed by atoms with van der Waals surface area (Å²) in [5.41, 5.74) is 1.14. The Morgan fingerprint density at radius 1 is 1.50 bits per heavy atom. The van der Waals surface area contributed by atoms with Gasteiger partial charge in [0.15, 0.2) is 5.69 Å². The Kier molecular flexibility index (Phi) is 3.30. The molecule has 3 aromatic rings. The second kappa shape index (κ2) is 5.25. The van der Waals surface area contributed by atoms with Crippen LogP contribution in [-0.2, 0) is 6.54 Å². The molecule has 7 nitrogen and oxygen atoms in total. The van der Waals surface area contributed by atoms with Crippen molar-refractivity contribution in [2.45, 2.75) is 13.5 Å². The second-order valence-corrected chi connectivity index (χ2v) is 4.99. The molecule has 0 unspecified atom stereocenters. The highest BCUT2D eigenvalue weighted by atomic mass is 32.1. The minimum Gasteiger partial charge on any atom is -0.424 e. The van der Waals surface area contributed by atoms with Gasteiger partial charge in [-0.05, 0) is 17.5 Å². The van der Waals surface area contributed by atoms with Crippen molar-refractivity contribution in [2.75, 3.05) is 0 Å². The van der Waals surface area contributed by atoms with Crippen molar-refractivity contribution in [3.05, 3.63) is 41.1 Å². The van der Waals surface area contributed by atoms with E-state index in [0.29, 0.717) is 17.5 Å². The highest BCUT2D eigenvalue weighted by Crippen LogP contribution is 2.22. The summed E-state index contributed by atoms with van der Waals surface area (Å²) < 4.78 is 5.17. The van der Waals surface area contributed by atoms with Crippen LogP contribution in [0.1, 0.15) is 22.3 Å². The smallest absolute Gasteiger partial charge is 0.272 e. The third kappa shape index (κ3) is 2.59. The van der Waals surface area contributed by atoms with Crippen LogP contribution in [0.4, 0.5) is 0 Å². The van der Waals surface area contributed by atoms with Crippen molar-refractivity contribution in [3.63, 3.8) is 0 Å². The SMILES string of the molecule is Cc1nnc(CNC(=O)c2cc(-c3cccs3)[nH]n2)o1. The molecule has 3 rings (SSSR count). The first-order valence-corrected chi connectivity index (χ1v) is 6.77. The van der Waals surface area contributed by atoms with Crippen LogP contribution in [0.15, 0.2) is 28.0 Å². The molecule has 0 bridgehead atoms. The summed E-state index contributed by atoms with van der Waals surface area (Å²) >= 11 is 1.58. The third-order valence-corrected chi connectivity index (χ3v) is 3.47. The quantitative estimate of drug-likeness (QED) is 0.762. The summed E-state index contributed by atoms with van der Waals surface area (Å²) in [4.78, 5) is 13.0. The van der Waals surface area contributed by atoms with E-state index in [4.69, 9.17) is 4.42 Å². The number of hydrogen-bond donors (Lipinski definition) is 2. The largest absolute Gasteiger partial charge is 0.424 e. The topological polar surface area (TPSA) is 96.7 Å². The number of thiophene rings is 1. The average Bonchev–Trinajstić information content (AvgIpc) is 3.16. The number of carbonyl (C=O) groups is 1. The first-order chi connectivity index (χ1) is 9.72. The van der Waals surface area contributed by atoms with Crippen molar-refractivity contribution in [3.8, 4) is 10.6 Å². The molecule has 20 heavy (non-hydrogen) atoms. The molecule has 0 spiro atoms. The van der Waals surface area contributed by atoms with E-state index < -0.39 is 0 Å². The van der Waals surface area contributed by atoms with E-state index in [1.165, 1.54) is 0 Å². The molecule has 3 heterocycles. The molecule has 2 N–H and O–H groups in total. The number of aromatic amines is 1. The van der Waals surface area contributed by atoms with E-state index in [0.717, 1.165) is 10.6 Å². The molecular formula is C12H11N5O2S. The van der Waals surface area contributed by atoms with E-state index >= 15 is 0 Å². The summed E-state index contributed by atoms with van der Waals surface area (Å²) in [6.45, 7) is 1.88. The fourth-order valence-electron chi connectivity index (χ4n) is 1.65. The van der Waals surface area contributed by atoms with Gasteiger partial charge in [-0.15, -0.1) is 21.5 Å². The molecule has 1 amide bonds. The second-order valence-electron chi connectivity index (χ2n) is 4.04. The average molecular weight is 289 g/mol. The van der Waals surface area contributed by atoms with Crippen LogP contribution in [0.5, 0.6) is 0 Å². The molecule has 8 heteroatoms. The molecule has 0 aliphatic carbocycles. The molecule has 0 radical (unpaired) electrons. The van der Waals surface area contributed by atoms with Gasteiger partial charge in [-0.2, -0.15) is 5.10 Å². The van der Waals surface area contributed by atoms with Crippen molar-refractivity contribution in [1.29, 1.82) is 0 Å². The number of amides is 1. The number of carbonyl (C=O) groups excluding carboxylic acids is 1. The van der Waals surface area contributed by atoms with E-state index in [1.54, 1.807) is 24.3 Å². The molecule has 0 fully saturated rings. The predicted octanol–water partition coefficient (Wildman–Crippen LogP) is 1.76. The fourth-order valence-corrected chi connectivity index (χ4v) is 2.34. The molecule has 0 aromatic carbocycles. The van der Waals surface area contributed by atoms with Crippen LogP contribution in [0.3, 0.4) is 0 Å². The van der Waals surface area contributed by atoms with Gasteiger partial charge in [-0.1, -0.05) is 6.07 Å².